The van der Waals surface area contributed by atoms with Gasteiger partial charge in [-0.15, -0.1) is 0 Å². The summed E-state index contributed by atoms with van der Waals surface area (Å²) in [4.78, 5) is 11.9. The number of carbonyl (C=O) groups is 1. The number of rotatable bonds is 5. The van der Waals surface area contributed by atoms with Crippen LogP contribution < -0.4 is 5.32 Å². The normalized spacial score (nSPS) is 10.5. The van der Waals surface area contributed by atoms with Gasteiger partial charge < -0.3 is 9.73 Å². The number of carbonyl (C=O) groups excluding carboxylic acids is 1. The number of hydrogen-bond acceptors (Lipinski definition) is 2. The van der Waals surface area contributed by atoms with E-state index in [-0.39, 0.29) is 11.7 Å². The maximum absolute atomic E-state index is 12.8. The van der Waals surface area contributed by atoms with E-state index in [1.807, 2.05) is 42.5 Å². The summed E-state index contributed by atoms with van der Waals surface area (Å²) < 4.78 is 18.6. The lowest BCUT2D eigenvalue weighted by Gasteiger charge is -2.04. The van der Waals surface area contributed by atoms with E-state index < -0.39 is 0 Å². The third-order valence-corrected chi connectivity index (χ3v) is 3.45. The van der Waals surface area contributed by atoms with Gasteiger partial charge in [0.2, 0.25) is 5.91 Å². The quantitative estimate of drug-likeness (QED) is 0.745. The molecule has 1 heterocycles. The fraction of sp³-hybridized carbons (Fsp3) is 0.105. The van der Waals surface area contributed by atoms with Crippen LogP contribution in [-0.2, 0) is 11.2 Å². The zero-order chi connectivity index (χ0) is 16.1. The van der Waals surface area contributed by atoms with Crippen molar-refractivity contribution < 1.29 is 13.6 Å². The minimum Gasteiger partial charge on any atom is -0.461 e. The summed E-state index contributed by atoms with van der Waals surface area (Å²) in [5.41, 5.74) is 1.59. The zero-order valence-electron chi connectivity index (χ0n) is 12.5. The summed E-state index contributed by atoms with van der Waals surface area (Å²) in [6, 6.07) is 19.3. The number of aryl methyl sites for hydroxylation is 1. The molecule has 23 heavy (non-hydrogen) atoms. The van der Waals surface area contributed by atoms with E-state index in [4.69, 9.17) is 4.42 Å². The van der Waals surface area contributed by atoms with Crippen molar-refractivity contribution in [3.8, 4) is 11.3 Å². The van der Waals surface area contributed by atoms with E-state index in [1.165, 1.54) is 24.3 Å². The molecule has 4 heteroatoms. The molecule has 0 bridgehead atoms. The van der Waals surface area contributed by atoms with Gasteiger partial charge in [0.25, 0.3) is 0 Å². The van der Waals surface area contributed by atoms with Crippen LogP contribution in [0, 0.1) is 5.82 Å². The lowest BCUT2D eigenvalue weighted by Crippen LogP contribution is -2.12. The van der Waals surface area contributed by atoms with Gasteiger partial charge in [-0.3, -0.25) is 4.79 Å². The molecule has 1 N–H and O–H groups in total. The Morgan fingerprint density at radius 1 is 0.957 bits per heavy atom. The highest BCUT2D eigenvalue weighted by Crippen LogP contribution is 2.22. The molecule has 3 rings (SSSR count). The average Bonchev–Trinajstić information content (AvgIpc) is 3.05. The van der Waals surface area contributed by atoms with E-state index in [0.29, 0.717) is 18.5 Å². The van der Waals surface area contributed by atoms with Crippen molar-refractivity contribution >= 4 is 11.6 Å². The summed E-state index contributed by atoms with van der Waals surface area (Å²) in [7, 11) is 0. The molecule has 1 aromatic heterocycles. The van der Waals surface area contributed by atoms with E-state index in [9.17, 15) is 9.18 Å². The molecular weight excluding hydrogens is 293 g/mol. The molecular formula is C19H16FNO2. The molecule has 0 saturated heterocycles. The first-order chi connectivity index (χ1) is 11.2. The Bertz CT molecular complexity index is 779. The Balaban J connectivity index is 1.55. The Kier molecular flexibility index (Phi) is 4.52. The van der Waals surface area contributed by atoms with E-state index in [0.717, 1.165) is 17.1 Å². The first-order valence-electron chi connectivity index (χ1n) is 7.40. The van der Waals surface area contributed by atoms with Crippen LogP contribution in [0.25, 0.3) is 11.3 Å². The van der Waals surface area contributed by atoms with Crippen LogP contribution >= 0.6 is 0 Å². The summed E-state index contributed by atoms with van der Waals surface area (Å²) in [5.74, 6) is 1.10. The topological polar surface area (TPSA) is 42.2 Å². The van der Waals surface area contributed by atoms with Crippen LogP contribution in [0.5, 0.6) is 0 Å². The van der Waals surface area contributed by atoms with Crippen LogP contribution in [0.15, 0.2) is 71.1 Å². The van der Waals surface area contributed by atoms with Crippen molar-refractivity contribution in [1.82, 2.24) is 0 Å². The fourth-order valence-corrected chi connectivity index (χ4v) is 2.26. The SMILES string of the molecule is O=C(CCc1ccc(-c2ccccc2)o1)Nc1ccc(F)cc1. The molecule has 0 saturated carbocycles. The Hall–Kier alpha value is -2.88. The van der Waals surface area contributed by atoms with Gasteiger partial charge in [0.15, 0.2) is 0 Å². The van der Waals surface area contributed by atoms with Crippen LogP contribution in [0.3, 0.4) is 0 Å². The van der Waals surface area contributed by atoms with E-state index >= 15 is 0 Å². The smallest absolute Gasteiger partial charge is 0.224 e. The van der Waals surface area contributed by atoms with Gasteiger partial charge in [-0.05, 0) is 36.4 Å². The van der Waals surface area contributed by atoms with Crippen molar-refractivity contribution in [2.45, 2.75) is 12.8 Å². The first-order valence-corrected chi connectivity index (χ1v) is 7.40. The molecule has 0 atom stereocenters. The summed E-state index contributed by atoms with van der Waals surface area (Å²) >= 11 is 0. The molecule has 2 aromatic carbocycles. The van der Waals surface area contributed by atoms with Gasteiger partial charge in [-0.25, -0.2) is 4.39 Å². The minimum absolute atomic E-state index is 0.130. The summed E-state index contributed by atoms with van der Waals surface area (Å²) in [5, 5.41) is 2.73. The molecule has 0 unspecified atom stereocenters. The Labute approximate surface area is 133 Å². The molecule has 0 aliphatic rings. The van der Waals surface area contributed by atoms with Crippen LogP contribution in [-0.4, -0.2) is 5.91 Å². The number of furan rings is 1. The number of nitrogens with one attached hydrogen (secondary N) is 1. The summed E-state index contributed by atoms with van der Waals surface area (Å²) in [6.45, 7) is 0. The molecule has 0 radical (unpaired) electrons. The molecule has 1 amide bonds. The highest BCUT2D eigenvalue weighted by atomic mass is 19.1. The van der Waals surface area contributed by atoms with E-state index in [2.05, 4.69) is 5.32 Å². The Morgan fingerprint density at radius 2 is 1.70 bits per heavy atom. The maximum atomic E-state index is 12.8. The fourth-order valence-electron chi connectivity index (χ4n) is 2.26. The molecule has 0 fully saturated rings. The van der Waals surface area contributed by atoms with Crippen LogP contribution in [0.1, 0.15) is 12.2 Å². The zero-order valence-corrected chi connectivity index (χ0v) is 12.5. The van der Waals surface area contributed by atoms with Crippen molar-refractivity contribution in [2.75, 3.05) is 5.32 Å². The molecule has 0 aliphatic heterocycles. The van der Waals surface area contributed by atoms with E-state index in [1.54, 1.807) is 0 Å². The number of anilines is 1. The van der Waals surface area contributed by atoms with Gasteiger partial charge in [0, 0.05) is 24.1 Å². The Morgan fingerprint density at radius 3 is 2.43 bits per heavy atom. The van der Waals surface area contributed by atoms with Gasteiger partial charge in [-0.2, -0.15) is 0 Å². The lowest BCUT2D eigenvalue weighted by atomic mass is 10.2. The number of hydrogen-bond donors (Lipinski definition) is 1. The maximum Gasteiger partial charge on any atom is 0.224 e. The van der Waals surface area contributed by atoms with Gasteiger partial charge in [-0.1, -0.05) is 30.3 Å². The predicted molar refractivity (Wildman–Crippen MR) is 87.5 cm³/mol. The van der Waals surface area contributed by atoms with Crippen LogP contribution in [0.2, 0.25) is 0 Å². The van der Waals surface area contributed by atoms with Crippen LogP contribution in [0.4, 0.5) is 10.1 Å². The number of benzene rings is 2. The highest BCUT2D eigenvalue weighted by Gasteiger charge is 2.08. The highest BCUT2D eigenvalue weighted by molar-refractivity contribution is 5.90. The van der Waals surface area contributed by atoms with Gasteiger partial charge >= 0.3 is 0 Å². The molecule has 116 valence electrons. The van der Waals surface area contributed by atoms with Gasteiger partial charge in [0.1, 0.15) is 17.3 Å². The second-order valence-electron chi connectivity index (χ2n) is 5.19. The molecule has 0 aliphatic carbocycles. The molecule has 3 aromatic rings. The third kappa shape index (κ3) is 4.07. The van der Waals surface area contributed by atoms with Crippen molar-refractivity contribution in [3.63, 3.8) is 0 Å². The molecule has 0 spiro atoms. The van der Waals surface area contributed by atoms with Crippen molar-refractivity contribution in [3.05, 3.63) is 78.3 Å². The lowest BCUT2D eigenvalue weighted by molar-refractivity contribution is -0.116. The predicted octanol–water partition coefficient (Wildman–Crippen LogP) is 4.66. The second kappa shape index (κ2) is 6.92. The number of halogens is 1. The second-order valence-corrected chi connectivity index (χ2v) is 5.19. The minimum atomic E-state index is -0.327. The third-order valence-electron chi connectivity index (χ3n) is 3.45. The first kappa shape index (κ1) is 15.0. The monoisotopic (exact) mass is 309 g/mol. The van der Waals surface area contributed by atoms with Gasteiger partial charge in [0.05, 0.1) is 0 Å². The molecule has 3 nitrogen and oxygen atoms in total. The standard InChI is InChI=1S/C19H16FNO2/c20-15-6-8-16(9-7-15)21-19(22)13-11-17-10-12-18(23-17)14-4-2-1-3-5-14/h1-10,12H,11,13H2,(H,21,22). The van der Waals surface area contributed by atoms with Crippen molar-refractivity contribution in [1.29, 1.82) is 0 Å². The van der Waals surface area contributed by atoms with Crippen molar-refractivity contribution in [2.24, 2.45) is 0 Å². The average molecular weight is 309 g/mol. The number of amides is 1. The largest absolute Gasteiger partial charge is 0.461 e. The summed E-state index contributed by atoms with van der Waals surface area (Å²) in [6.07, 6.45) is 0.818.